The Morgan fingerprint density at radius 1 is 0.456 bits per heavy atom. The maximum atomic E-state index is 5.72. The van der Waals surface area contributed by atoms with Gasteiger partial charge < -0.3 is 4.57 Å². The zero-order chi connectivity index (χ0) is 37.5. The Kier molecular flexibility index (Phi) is 7.12. The molecule has 0 aliphatic carbocycles. The second-order valence-electron chi connectivity index (χ2n) is 14.8. The number of hydrogen-bond donors (Lipinski definition) is 0. The first-order valence-electron chi connectivity index (χ1n) is 19.4. The van der Waals surface area contributed by atoms with Gasteiger partial charge in [-0.3, -0.25) is 0 Å². The molecular weight excluding hydrogens is 727 g/mol. The molecule has 5 heteroatoms. The molecule has 0 atom stereocenters. The van der Waals surface area contributed by atoms with Crippen molar-refractivity contribution in [3.63, 3.8) is 0 Å². The number of thiophene rings is 1. The van der Waals surface area contributed by atoms with E-state index in [1.54, 1.807) is 0 Å². The summed E-state index contributed by atoms with van der Waals surface area (Å²) in [6.45, 7) is 0. The van der Waals surface area contributed by atoms with Crippen LogP contribution in [0.1, 0.15) is 0 Å². The Morgan fingerprint density at radius 2 is 1.07 bits per heavy atom. The minimum absolute atomic E-state index is 0.741. The van der Waals surface area contributed by atoms with Crippen LogP contribution in [0, 0.1) is 0 Å². The average molecular weight is 760 g/mol. The molecule has 0 spiro atoms. The van der Waals surface area contributed by atoms with Crippen molar-refractivity contribution in [3.05, 3.63) is 200 Å². The fraction of sp³-hybridized carbons (Fsp3) is 0. The molecule has 0 bridgehead atoms. The summed E-state index contributed by atoms with van der Waals surface area (Å²) in [7, 11) is -2.93. The van der Waals surface area contributed by atoms with Crippen molar-refractivity contribution < 1.29 is 0 Å². The van der Waals surface area contributed by atoms with Crippen LogP contribution in [0.15, 0.2) is 200 Å². The first kappa shape index (κ1) is 32.3. The number of aromatic nitrogens is 3. The highest BCUT2D eigenvalue weighted by molar-refractivity contribution is 7.26. The van der Waals surface area contributed by atoms with Gasteiger partial charge in [0.05, 0.1) is 27.7 Å². The molecule has 57 heavy (non-hydrogen) atoms. The van der Waals surface area contributed by atoms with Crippen molar-refractivity contribution >= 4 is 82.3 Å². The first-order valence-corrected chi connectivity index (χ1v) is 22.2. The highest BCUT2D eigenvalue weighted by Gasteiger charge is 2.51. The van der Waals surface area contributed by atoms with Crippen LogP contribution < -0.4 is 20.9 Å². The van der Waals surface area contributed by atoms with Crippen LogP contribution >= 0.6 is 11.3 Å². The molecule has 3 aromatic heterocycles. The molecule has 0 radical (unpaired) electrons. The quantitative estimate of drug-likeness (QED) is 0.164. The van der Waals surface area contributed by atoms with Crippen LogP contribution in [0.5, 0.6) is 0 Å². The molecule has 8 aromatic carbocycles. The van der Waals surface area contributed by atoms with E-state index in [4.69, 9.17) is 9.97 Å². The maximum absolute atomic E-state index is 5.72. The van der Waals surface area contributed by atoms with Crippen molar-refractivity contribution in [1.82, 2.24) is 14.5 Å². The summed E-state index contributed by atoms with van der Waals surface area (Å²) in [5, 5.41) is 10.3. The predicted molar refractivity (Wildman–Crippen MR) is 243 cm³/mol. The SMILES string of the molecule is c1ccc(-c2nc(-c3ccccc3-n3c4ccccc4c4c5sc6ccccc6c5ccc43)c3c(n2)[Si](c2ccccc2)(c2ccccc2)c2ccccc2-3)cc1. The minimum Gasteiger partial charge on any atom is -0.309 e. The number of fused-ring (bicyclic) bond motifs is 10. The molecule has 12 rings (SSSR count). The number of benzene rings is 8. The van der Waals surface area contributed by atoms with Gasteiger partial charge in [-0.2, -0.15) is 0 Å². The van der Waals surface area contributed by atoms with E-state index in [2.05, 4.69) is 205 Å². The van der Waals surface area contributed by atoms with Crippen LogP contribution in [0.4, 0.5) is 0 Å². The van der Waals surface area contributed by atoms with Crippen molar-refractivity contribution in [3.8, 4) is 39.5 Å². The Labute approximate surface area is 334 Å². The van der Waals surface area contributed by atoms with Gasteiger partial charge in [-0.15, -0.1) is 11.3 Å². The van der Waals surface area contributed by atoms with Crippen molar-refractivity contribution in [2.45, 2.75) is 0 Å². The second-order valence-corrected chi connectivity index (χ2v) is 19.5. The van der Waals surface area contributed by atoms with E-state index in [1.165, 1.54) is 63.1 Å². The summed E-state index contributed by atoms with van der Waals surface area (Å²) in [5.41, 5.74) is 8.84. The normalized spacial score (nSPS) is 13.1. The zero-order valence-electron chi connectivity index (χ0n) is 30.8. The fourth-order valence-electron chi connectivity index (χ4n) is 9.54. The van der Waals surface area contributed by atoms with E-state index >= 15 is 0 Å². The van der Waals surface area contributed by atoms with Crippen LogP contribution in [-0.4, -0.2) is 22.6 Å². The molecule has 0 amide bonds. The van der Waals surface area contributed by atoms with E-state index < -0.39 is 8.07 Å². The summed E-state index contributed by atoms with van der Waals surface area (Å²) in [6, 6.07) is 72.9. The molecule has 266 valence electrons. The van der Waals surface area contributed by atoms with Crippen LogP contribution in [-0.2, 0) is 0 Å². The van der Waals surface area contributed by atoms with Gasteiger partial charge >= 0.3 is 0 Å². The summed E-state index contributed by atoms with van der Waals surface area (Å²) in [6.07, 6.45) is 0. The van der Waals surface area contributed by atoms with Gasteiger partial charge in [0.2, 0.25) is 8.07 Å². The fourth-order valence-corrected chi connectivity index (χ4v) is 15.8. The Hall–Kier alpha value is -6.92. The van der Waals surface area contributed by atoms with Crippen molar-refractivity contribution in [1.29, 1.82) is 0 Å². The van der Waals surface area contributed by atoms with Crippen LogP contribution in [0.2, 0.25) is 0 Å². The first-order chi connectivity index (χ1) is 28.3. The highest BCUT2D eigenvalue weighted by atomic mass is 32.1. The molecule has 11 aromatic rings. The van der Waals surface area contributed by atoms with E-state index in [-0.39, 0.29) is 0 Å². The molecule has 4 heterocycles. The second kappa shape index (κ2) is 12.5. The lowest BCUT2D eigenvalue weighted by Crippen LogP contribution is -2.73. The predicted octanol–water partition coefficient (Wildman–Crippen LogP) is 10.6. The standard InChI is InChI=1S/C52H33N3SSi/c1-4-18-34(19-5-1)51-53-49(48-41-27-13-17-31-46(41)57(52(48)54-51,35-20-6-2-7-21-35)36-22-8-3-9-23-36)40-26-11-15-29-43(40)55-42-28-14-10-25-39(42)47-44(55)33-32-38-37-24-12-16-30-45(37)56-50(38)47/h1-33H. The molecular formula is C52H33N3SSi. The monoisotopic (exact) mass is 759 g/mol. The summed E-state index contributed by atoms with van der Waals surface area (Å²) in [5.74, 6) is 0.741. The Bertz CT molecular complexity index is 3310. The zero-order valence-corrected chi connectivity index (χ0v) is 32.6. The molecule has 1 aliphatic heterocycles. The third kappa shape index (κ3) is 4.58. The third-order valence-corrected chi connectivity index (χ3v) is 17.8. The summed E-state index contributed by atoms with van der Waals surface area (Å²) >= 11 is 1.89. The lowest BCUT2D eigenvalue weighted by atomic mass is 9.99. The molecule has 0 unspecified atom stereocenters. The Morgan fingerprint density at radius 3 is 1.84 bits per heavy atom. The molecule has 0 saturated heterocycles. The molecule has 0 fully saturated rings. The van der Waals surface area contributed by atoms with E-state index in [0.717, 1.165) is 39.2 Å². The molecule has 3 nitrogen and oxygen atoms in total. The number of hydrogen-bond acceptors (Lipinski definition) is 3. The molecule has 0 saturated carbocycles. The lowest BCUT2D eigenvalue weighted by Gasteiger charge is -2.30. The third-order valence-electron chi connectivity index (χ3n) is 11.9. The smallest absolute Gasteiger partial charge is 0.203 e. The van der Waals surface area contributed by atoms with Gasteiger partial charge in [-0.25, -0.2) is 9.97 Å². The number of nitrogens with zero attached hydrogens (tertiary/aromatic N) is 3. The van der Waals surface area contributed by atoms with Gasteiger partial charge in [-0.05, 0) is 45.4 Å². The van der Waals surface area contributed by atoms with E-state index in [9.17, 15) is 0 Å². The van der Waals surface area contributed by atoms with Gasteiger partial charge in [0.1, 0.15) is 0 Å². The number of rotatable bonds is 5. The summed E-state index contributed by atoms with van der Waals surface area (Å²) < 4.78 is 5.11. The molecule has 1 aliphatic rings. The van der Waals surface area contributed by atoms with Gasteiger partial charge in [0, 0.05) is 47.6 Å². The van der Waals surface area contributed by atoms with Crippen LogP contribution in [0.3, 0.4) is 0 Å². The summed E-state index contributed by atoms with van der Waals surface area (Å²) in [4.78, 5) is 11.4. The lowest BCUT2D eigenvalue weighted by molar-refractivity contribution is 1.16. The van der Waals surface area contributed by atoms with Crippen molar-refractivity contribution in [2.24, 2.45) is 0 Å². The maximum Gasteiger partial charge on any atom is 0.203 e. The largest absolute Gasteiger partial charge is 0.309 e. The minimum atomic E-state index is -2.93. The van der Waals surface area contributed by atoms with Crippen molar-refractivity contribution in [2.75, 3.05) is 0 Å². The topological polar surface area (TPSA) is 30.7 Å². The van der Waals surface area contributed by atoms with E-state index in [1.807, 2.05) is 11.3 Å². The van der Waals surface area contributed by atoms with E-state index in [0.29, 0.717) is 0 Å². The van der Waals surface area contributed by atoms with Gasteiger partial charge in [-0.1, -0.05) is 176 Å². The van der Waals surface area contributed by atoms with Gasteiger partial charge in [0.15, 0.2) is 5.82 Å². The van der Waals surface area contributed by atoms with Crippen LogP contribution in [0.25, 0.3) is 81.4 Å². The highest BCUT2D eigenvalue weighted by Crippen LogP contribution is 2.45. The molecule has 0 N–H and O–H groups in total. The average Bonchev–Trinajstić information content (AvgIpc) is 3.93. The van der Waals surface area contributed by atoms with Gasteiger partial charge in [0.25, 0.3) is 0 Å². The Balaban J connectivity index is 1.22. The number of para-hydroxylation sites is 2.